The number of hydrogen-bond donors (Lipinski definition) is 1. The lowest BCUT2D eigenvalue weighted by Crippen LogP contribution is -2.41. The lowest BCUT2D eigenvalue weighted by molar-refractivity contribution is 0.206. The van der Waals surface area contributed by atoms with E-state index in [1.54, 1.807) is 0 Å². The Morgan fingerprint density at radius 2 is 2.14 bits per heavy atom. The van der Waals surface area contributed by atoms with Crippen molar-refractivity contribution in [3.05, 3.63) is 35.4 Å². The van der Waals surface area contributed by atoms with Gasteiger partial charge in [-0.2, -0.15) is 0 Å². The van der Waals surface area contributed by atoms with E-state index in [4.69, 9.17) is 5.73 Å². The molecule has 1 aromatic rings. The van der Waals surface area contributed by atoms with Gasteiger partial charge in [0.15, 0.2) is 0 Å². The molecule has 14 heavy (non-hydrogen) atoms. The Balaban J connectivity index is 2.41. The Hall–Kier alpha value is -0.860. The first kappa shape index (κ1) is 9.69. The van der Waals surface area contributed by atoms with Crippen LogP contribution in [0.25, 0.3) is 0 Å². The Bertz CT molecular complexity index is 320. The molecule has 1 aliphatic rings. The molecule has 0 saturated heterocycles. The molecular formula is C12H18N2. The molecule has 0 aromatic heterocycles. The second kappa shape index (κ2) is 3.71. The smallest absolute Gasteiger partial charge is 0.0496 e. The minimum atomic E-state index is 0.196. The van der Waals surface area contributed by atoms with Crippen LogP contribution in [0.1, 0.15) is 24.1 Å². The third-order valence-electron chi connectivity index (χ3n) is 3.08. The quantitative estimate of drug-likeness (QED) is 0.728. The summed E-state index contributed by atoms with van der Waals surface area (Å²) in [6.07, 6.45) is 1.15. The summed E-state index contributed by atoms with van der Waals surface area (Å²) in [6, 6.07) is 9.23. The zero-order valence-corrected chi connectivity index (χ0v) is 8.90. The van der Waals surface area contributed by atoms with Crippen LogP contribution in [-0.4, -0.2) is 24.5 Å². The normalized spacial score (nSPS) is 24.4. The first-order chi connectivity index (χ1) is 6.70. The number of likely N-dealkylation sites (N-methyl/N-ethyl adjacent to an activating group) is 1. The number of fused-ring (bicyclic) bond motifs is 1. The highest BCUT2D eigenvalue weighted by molar-refractivity contribution is 5.33. The standard InChI is InChI=1S/C12H18N2/c1-9(13)12-11-6-4-3-5-10(11)7-8-14(12)2/h3-6,9,12H,7-8,13H2,1-2H3. The van der Waals surface area contributed by atoms with E-state index in [1.807, 2.05) is 0 Å². The van der Waals surface area contributed by atoms with Gasteiger partial charge in [-0.25, -0.2) is 0 Å². The van der Waals surface area contributed by atoms with Gasteiger partial charge in [0.05, 0.1) is 0 Å². The SMILES string of the molecule is CC(N)C1c2ccccc2CCN1C. The Labute approximate surface area is 85.7 Å². The van der Waals surface area contributed by atoms with Gasteiger partial charge in [0.25, 0.3) is 0 Å². The molecule has 0 spiro atoms. The lowest BCUT2D eigenvalue weighted by atomic mass is 9.89. The number of benzene rings is 1. The van der Waals surface area contributed by atoms with Gasteiger partial charge in [0.1, 0.15) is 0 Å². The third-order valence-corrected chi connectivity index (χ3v) is 3.08. The molecule has 0 aliphatic carbocycles. The highest BCUT2D eigenvalue weighted by Gasteiger charge is 2.26. The number of nitrogens with zero attached hydrogens (tertiary/aromatic N) is 1. The molecule has 2 rings (SSSR count). The first-order valence-corrected chi connectivity index (χ1v) is 5.24. The first-order valence-electron chi connectivity index (χ1n) is 5.24. The van der Waals surface area contributed by atoms with E-state index in [-0.39, 0.29) is 6.04 Å². The fourth-order valence-electron chi connectivity index (χ4n) is 2.41. The van der Waals surface area contributed by atoms with E-state index < -0.39 is 0 Å². The zero-order valence-electron chi connectivity index (χ0n) is 8.90. The van der Waals surface area contributed by atoms with Crippen molar-refractivity contribution in [2.24, 2.45) is 5.73 Å². The third kappa shape index (κ3) is 1.56. The highest BCUT2D eigenvalue weighted by atomic mass is 15.1. The van der Waals surface area contributed by atoms with Crippen LogP contribution in [0.3, 0.4) is 0 Å². The second-order valence-corrected chi connectivity index (χ2v) is 4.23. The summed E-state index contributed by atoms with van der Waals surface area (Å²) >= 11 is 0. The van der Waals surface area contributed by atoms with E-state index in [0.29, 0.717) is 6.04 Å². The van der Waals surface area contributed by atoms with Crippen LogP contribution in [0.5, 0.6) is 0 Å². The van der Waals surface area contributed by atoms with Crippen molar-refractivity contribution in [1.29, 1.82) is 0 Å². The predicted molar refractivity (Wildman–Crippen MR) is 59.2 cm³/mol. The molecule has 1 heterocycles. The van der Waals surface area contributed by atoms with E-state index in [1.165, 1.54) is 11.1 Å². The average molecular weight is 190 g/mol. The molecule has 2 heteroatoms. The molecule has 2 atom stereocenters. The van der Waals surface area contributed by atoms with Gasteiger partial charge in [-0.15, -0.1) is 0 Å². The van der Waals surface area contributed by atoms with Crippen molar-refractivity contribution in [3.8, 4) is 0 Å². The van der Waals surface area contributed by atoms with Gasteiger partial charge in [0, 0.05) is 18.6 Å². The second-order valence-electron chi connectivity index (χ2n) is 4.23. The van der Waals surface area contributed by atoms with Crippen molar-refractivity contribution < 1.29 is 0 Å². The summed E-state index contributed by atoms with van der Waals surface area (Å²) < 4.78 is 0. The van der Waals surface area contributed by atoms with Crippen LogP contribution >= 0.6 is 0 Å². The van der Waals surface area contributed by atoms with Crippen LogP contribution in [0, 0.1) is 0 Å². The molecule has 1 aromatic carbocycles. The fraction of sp³-hybridized carbons (Fsp3) is 0.500. The molecule has 1 aliphatic heterocycles. The van der Waals surface area contributed by atoms with Crippen molar-refractivity contribution >= 4 is 0 Å². The topological polar surface area (TPSA) is 29.3 Å². The summed E-state index contributed by atoms with van der Waals surface area (Å²) in [7, 11) is 2.16. The fourth-order valence-corrected chi connectivity index (χ4v) is 2.41. The van der Waals surface area contributed by atoms with Crippen LogP contribution in [0.4, 0.5) is 0 Å². The molecule has 2 nitrogen and oxygen atoms in total. The maximum Gasteiger partial charge on any atom is 0.0496 e. The Morgan fingerprint density at radius 1 is 1.43 bits per heavy atom. The van der Waals surface area contributed by atoms with E-state index >= 15 is 0 Å². The van der Waals surface area contributed by atoms with Gasteiger partial charge >= 0.3 is 0 Å². The molecule has 0 saturated carbocycles. The van der Waals surface area contributed by atoms with Gasteiger partial charge < -0.3 is 5.73 Å². The van der Waals surface area contributed by atoms with Crippen LogP contribution in [-0.2, 0) is 6.42 Å². The molecule has 2 unspecified atom stereocenters. The largest absolute Gasteiger partial charge is 0.326 e. The number of nitrogens with two attached hydrogens (primary N) is 1. The maximum absolute atomic E-state index is 6.03. The summed E-state index contributed by atoms with van der Waals surface area (Å²) in [6.45, 7) is 3.20. The van der Waals surface area contributed by atoms with Gasteiger partial charge in [-0.1, -0.05) is 24.3 Å². The molecule has 76 valence electrons. The summed E-state index contributed by atoms with van der Waals surface area (Å²) in [5, 5.41) is 0. The molecular weight excluding hydrogens is 172 g/mol. The van der Waals surface area contributed by atoms with Crippen LogP contribution in [0.2, 0.25) is 0 Å². The van der Waals surface area contributed by atoms with Crippen molar-refractivity contribution in [2.45, 2.75) is 25.4 Å². The summed E-state index contributed by atoms with van der Waals surface area (Å²) in [5.41, 5.74) is 8.91. The Kier molecular flexibility index (Phi) is 2.57. The minimum absolute atomic E-state index is 0.196. The van der Waals surface area contributed by atoms with Crippen molar-refractivity contribution in [3.63, 3.8) is 0 Å². The molecule has 0 radical (unpaired) electrons. The lowest BCUT2D eigenvalue weighted by Gasteiger charge is -2.36. The average Bonchev–Trinajstić information content (AvgIpc) is 2.17. The van der Waals surface area contributed by atoms with Crippen molar-refractivity contribution in [1.82, 2.24) is 4.90 Å². The monoisotopic (exact) mass is 190 g/mol. The van der Waals surface area contributed by atoms with E-state index in [2.05, 4.69) is 43.1 Å². The molecule has 0 fully saturated rings. The number of rotatable bonds is 1. The maximum atomic E-state index is 6.03. The number of hydrogen-bond acceptors (Lipinski definition) is 2. The van der Waals surface area contributed by atoms with Gasteiger partial charge in [0.2, 0.25) is 0 Å². The molecule has 0 amide bonds. The van der Waals surface area contributed by atoms with Crippen LogP contribution < -0.4 is 5.73 Å². The van der Waals surface area contributed by atoms with Crippen molar-refractivity contribution in [2.75, 3.05) is 13.6 Å². The minimum Gasteiger partial charge on any atom is -0.326 e. The highest BCUT2D eigenvalue weighted by Crippen LogP contribution is 2.29. The molecule has 0 bridgehead atoms. The van der Waals surface area contributed by atoms with Gasteiger partial charge in [-0.3, -0.25) is 4.90 Å². The molecule has 2 N–H and O–H groups in total. The zero-order chi connectivity index (χ0) is 10.1. The Morgan fingerprint density at radius 3 is 2.86 bits per heavy atom. The van der Waals surface area contributed by atoms with Gasteiger partial charge in [-0.05, 0) is 31.5 Å². The summed E-state index contributed by atoms with van der Waals surface area (Å²) in [5.74, 6) is 0. The van der Waals surface area contributed by atoms with E-state index in [9.17, 15) is 0 Å². The van der Waals surface area contributed by atoms with E-state index in [0.717, 1.165) is 13.0 Å². The summed E-state index contributed by atoms with van der Waals surface area (Å²) in [4.78, 5) is 2.35. The van der Waals surface area contributed by atoms with Crippen LogP contribution in [0.15, 0.2) is 24.3 Å². The predicted octanol–water partition coefficient (Wildman–Crippen LogP) is 1.56.